The molecule has 0 aliphatic heterocycles. The predicted octanol–water partition coefficient (Wildman–Crippen LogP) is 0.616. The Bertz CT molecular complexity index is 259. The molecule has 0 saturated carbocycles. The summed E-state index contributed by atoms with van der Waals surface area (Å²) in [6, 6.07) is 3.64. The average Bonchev–Trinajstić information content (AvgIpc) is 2.08. The van der Waals surface area contributed by atoms with E-state index in [2.05, 4.69) is 0 Å². The SMILES string of the molecule is COc1cc([AsH2])c(OC)cc1Cl. The van der Waals surface area contributed by atoms with Crippen LogP contribution in [-0.4, -0.2) is 31.1 Å². The number of rotatable bonds is 2. The third-order valence-corrected chi connectivity index (χ3v) is 2.75. The third kappa shape index (κ3) is 1.88. The fraction of sp³-hybridized carbons (Fsp3) is 0.250. The van der Waals surface area contributed by atoms with Crippen molar-refractivity contribution < 1.29 is 9.47 Å². The van der Waals surface area contributed by atoms with E-state index in [9.17, 15) is 0 Å². The molecule has 0 amide bonds. The van der Waals surface area contributed by atoms with Crippen LogP contribution in [0.15, 0.2) is 12.1 Å². The molecule has 1 atom stereocenters. The van der Waals surface area contributed by atoms with Crippen LogP contribution in [0.3, 0.4) is 0 Å². The van der Waals surface area contributed by atoms with E-state index >= 15 is 0 Å². The molecule has 1 unspecified atom stereocenters. The second-order valence-electron chi connectivity index (χ2n) is 2.23. The Morgan fingerprint density at radius 3 is 2.25 bits per heavy atom. The molecule has 12 heavy (non-hydrogen) atoms. The van der Waals surface area contributed by atoms with Gasteiger partial charge in [-0.05, 0) is 0 Å². The first-order valence-electron chi connectivity index (χ1n) is 3.36. The Morgan fingerprint density at radius 2 is 1.75 bits per heavy atom. The predicted molar refractivity (Wildman–Crippen MR) is 52.7 cm³/mol. The van der Waals surface area contributed by atoms with Crippen LogP contribution >= 0.6 is 11.6 Å². The van der Waals surface area contributed by atoms with E-state index in [-0.39, 0.29) is 0 Å². The van der Waals surface area contributed by atoms with Crippen molar-refractivity contribution in [2.75, 3.05) is 14.2 Å². The molecule has 1 aromatic rings. The summed E-state index contributed by atoms with van der Waals surface area (Å²) >= 11 is 7.37. The maximum atomic E-state index is 5.88. The summed E-state index contributed by atoms with van der Waals surface area (Å²) in [6.45, 7) is 0. The second-order valence-corrected chi connectivity index (χ2v) is 3.94. The minimum absolute atomic E-state index is 0.579. The van der Waals surface area contributed by atoms with Crippen LogP contribution in [0.4, 0.5) is 0 Å². The molecule has 0 aliphatic rings. The van der Waals surface area contributed by atoms with Crippen molar-refractivity contribution in [3.8, 4) is 11.5 Å². The molecule has 0 fully saturated rings. The van der Waals surface area contributed by atoms with Gasteiger partial charge in [-0.1, -0.05) is 0 Å². The minimum atomic E-state index is 0.579. The standard InChI is InChI=1S/C8H10AsClO2/c1-11-7-4-6(10)8(12-2)3-5(7)9/h3-4H,9H2,1-2H3. The first-order chi connectivity index (χ1) is 5.69. The van der Waals surface area contributed by atoms with Gasteiger partial charge in [0.1, 0.15) is 0 Å². The van der Waals surface area contributed by atoms with Crippen molar-refractivity contribution in [2.24, 2.45) is 0 Å². The van der Waals surface area contributed by atoms with Crippen molar-refractivity contribution in [3.05, 3.63) is 17.2 Å². The molecule has 1 aromatic carbocycles. The van der Waals surface area contributed by atoms with Crippen LogP contribution in [0.1, 0.15) is 0 Å². The normalized spacial score (nSPS) is 9.67. The topological polar surface area (TPSA) is 18.5 Å². The van der Waals surface area contributed by atoms with Gasteiger partial charge in [0.25, 0.3) is 0 Å². The van der Waals surface area contributed by atoms with E-state index in [4.69, 9.17) is 21.1 Å². The van der Waals surface area contributed by atoms with Gasteiger partial charge < -0.3 is 0 Å². The Balaban J connectivity index is 3.16. The molecule has 0 heterocycles. The molecule has 0 spiro atoms. The van der Waals surface area contributed by atoms with Gasteiger partial charge in [-0.25, -0.2) is 0 Å². The van der Waals surface area contributed by atoms with Gasteiger partial charge in [0.2, 0.25) is 0 Å². The zero-order valence-electron chi connectivity index (χ0n) is 6.93. The van der Waals surface area contributed by atoms with Crippen LogP contribution < -0.4 is 13.8 Å². The first-order valence-corrected chi connectivity index (χ1v) is 4.95. The molecule has 0 radical (unpaired) electrons. The van der Waals surface area contributed by atoms with Gasteiger partial charge in [0.05, 0.1) is 0 Å². The molecule has 0 bridgehead atoms. The van der Waals surface area contributed by atoms with Crippen molar-refractivity contribution in [1.82, 2.24) is 0 Å². The molecule has 1 rings (SSSR count). The molecule has 4 heteroatoms. The number of methoxy groups -OCH3 is 2. The van der Waals surface area contributed by atoms with Crippen LogP contribution in [0.2, 0.25) is 5.02 Å². The number of hydrogen-bond donors (Lipinski definition) is 0. The van der Waals surface area contributed by atoms with Crippen LogP contribution in [0, 0.1) is 0 Å². The summed E-state index contributed by atoms with van der Waals surface area (Å²) in [5, 5.41) is 0.579. The van der Waals surface area contributed by atoms with Gasteiger partial charge in [0, 0.05) is 0 Å². The summed E-state index contributed by atoms with van der Waals surface area (Å²) in [5.74, 6) is 1.50. The molecular weight excluding hydrogens is 238 g/mol. The summed E-state index contributed by atoms with van der Waals surface area (Å²) in [4.78, 5) is 0. The molecule has 0 aliphatic carbocycles. The number of benzene rings is 1. The first kappa shape index (κ1) is 9.75. The van der Waals surface area contributed by atoms with E-state index in [1.54, 1.807) is 20.3 Å². The van der Waals surface area contributed by atoms with Crippen LogP contribution in [0.25, 0.3) is 0 Å². The summed E-state index contributed by atoms with van der Waals surface area (Å²) in [7, 11) is 3.22. The molecular formula is C8H10AsClO2. The zero-order valence-corrected chi connectivity index (χ0v) is 10.1. The van der Waals surface area contributed by atoms with Crippen molar-refractivity contribution in [1.29, 1.82) is 0 Å². The zero-order chi connectivity index (χ0) is 9.14. The monoisotopic (exact) mass is 248 g/mol. The number of halogens is 1. The number of ether oxygens (including phenoxy) is 2. The van der Waals surface area contributed by atoms with Gasteiger partial charge in [0.15, 0.2) is 0 Å². The second kappa shape index (κ2) is 4.06. The average molecular weight is 249 g/mol. The Hall–Kier alpha value is -0.332. The van der Waals surface area contributed by atoms with E-state index in [1.165, 1.54) is 16.9 Å². The molecule has 2 nitrogen and oxygen atoms in total. The van der Waals surface area contributed by atoms with Crippen molar-refractivity contribution in [2.45, 2.75) is 0 Å². The summed E-state index contributed by atoms with van der Waals surface area (Å²) in [6.07, 6.45) is 0. The van der Waals surface area contributed by atoms with E-state index < -0.39 is 0 Å². The third-order valence-electron chi connectivity index (χ3n) is 1.50. The van der Waals surface area contributed by atoms with E-state index in [1.807, 2.05) is 6.07 Å². The fourth-order valence-electron chi connectivity index (χ4n) is 0.884. The van der Waals surface area contributed by atoms with Gasteiger partial charge >= 0.3 is 85.2 Å². The Labute approximate surface area is 85.3 Å². The number of hydrogen-bond acceptors (Lipinski definition) is 2. The quantitative estimate of drug-likeness (QED) is 0.714. The van der Waals surface area contributed by atoms with Crippen LogP contribution in [0.5, 0.6) is 11.5 Å². The molecule has 66 valence electrons. The Kier molecular flexibility index (Phi) is 3.30. The van der Waals surface area contributed by atoms with E-state index in [0.29, 0.717) is 10.8 Å². The van der Waals surface area contributed by atoms with Gasteiger partial charge in [-0.2, -0.15) is 0 Å². The summed E-state index contributed by atoms with van der Waals surface area (Å²) < 4.78 is 11.2. The maximum absolute atomic E-state index is 5.88. The molecule has 0 aromatic heterocycles. The van der Waals surface area contributed by atoms with Crippen molar-refractivity contribution >= 4 is 32.8 Å². The van der Waals surface area contributed by atoms with Crippen molar-refractivity contribution in [3.63, 3.8) is 0 Å². The van der Waals surface area contributed by atoms with Gasteiger partial charge in [-0.3, -0.25) is 0 Å². The fourth-order valence-corrected chi connectivity index (χ4v) is 1.85. The van der Waals surface area contributed by atoms with Crippen LogP contribution in [-0.2, 0) is 0 Å². The van der Waals surface area contributed by atoms with E-state index in [0.717, 1.165) is 10.1 Å². The molecule has 0 N–H and O–H groups in total. The summed E-state index contributed by atoms with van der Waals surface area (Å²) in [5.41, 5.74) is 0. The Morgan fingerprint density at radius 1 is 1.17 bits per heavy atom. The van der Waals surface area contributed by atoms with Gasteiger partial charge in [-0.15, -0.1) is 0 Å². The molecule has 0 saturated heterocycles.